The van der Waals surface area contributed by atoms with Gasteiger partial charge in [-0.25, -0.2) is 4.79 Å². The number of rotatable bonds is 14. The second kappa shape index (κ2) is 15.4. The molecule has 1 N–H and O–H groups in total. The summed E-state index contributed by atoms with van der Waals surface area (Å²) >= 11 is 0. The summed E-state index contributed by atoms with van der Waals surface area (Å²) in [6, 6.07) is 10.5. The molecule has 1 aliphatic rings. The Labute approximate surface area is 172 Å². The van der Waals surface area contributed by atoms with Gasteiger partial charge in [0.25, 0.3) is 0 Å². The lowest BCUT2D eigenvalue weighted by atomic mass is 10.1. The highest BCUT2D eigenvalue weighted by atomic mass is 16.5. The van der Waals surface area contributed by atoms with Crippen molar-refractivity contribution >= 4 is 6.09 Å². The topological polar surface area (TPSA) is 41.6 Å². The zero-order chi connectivity index (χ0) is 19.7. The number of carbonyl (C=O) groups is 1. The first-order chi connectivity index (χ1) is 13.8. The van der Waals surface area contributed by atoms with Crippen LogP contribution < -0.4 is 5.32 Å². The Balaban J connectivity index is 1.30. The maximum Gasteiger partial charge on any atom is 0.407 e. The summed E-state index contributed by atoms with van der Waals surface area (Å²) in [6.07, 6.45) is 14.4. The standard InChI is InChI=1S/C24H40N2O2/c27-24(25-18-10-9-17-23-15-7-5-8-16-23)28-22-14-4-2-1-3-11-19-26-20-12-6-13-21-26/h5,7-8,15-16H,1-4,6,9-14,17-22H2,(H,25,27). The van der Waals surface area contributed by atoms with Crippen LogP contribution >= 0.6 is 0 Å². The van der Waals surface area contributed by atoms with E-state index in [1.807, 2.05) is 6.07 Å². The minimum Gasteiger partial charge on any atom is -0.450 e. The van der Waals surface area contributed by atoms with Crippen LogP contribution in [0.4, 0.5) is 4.79 Å². The van der Waals surface area contributed by atoms with E-state index >= 15 is 0 Å². The molecule has 158 valence electrons. The Kier molecular flexibility index (Phi) is 12.5. The molecule has 4 heteroatoms. The quantitative estimate of drug-likeness (QED) is 0.424. The molecule has 0 unspecified atom stereocenters. The number of unbranched alkanes of at least 4 members (excludes halogenated alkanes) is 6. The molecule has 1 aliphatic heterocycles. The maximum atomic E-state index is 11.7. The molecule has 4 nitrogen and oxygen atoms in total. The summed E-state index contributed by atoms with van der Waals surface area (Å²) < 4.78 is 5.26. The number of ether oxygens (including phenoxy) is 1. The number of aryl methyl sites for hydroxylation is 1. The van der Waals surface area contributed by atoms with Gasteiger partial charge in [-0.2, -0.15) is 0 Å². The first-order valence-corrected chi connectivity index (χ1v) is 11.5. The number of alkyl carbamates (subject to hydrolysis) is 1. The molecule has 0 atom stereocenters. The lowest BCUT2D eigenvalue weighted by molar-refractivity contribution is 0.143. The Morgan fingerprint density at radius 1 is 0.857 bits per heavy atom. The van der Waals surface area contributed by atoms with Gasteiger partial charge in [-0.15, -0.1) is 0 Å². The summed E-state index contributed by atoms with van der Waals surface area (Å²) in [5.74, 6) is 0. The molecule has 2 rings (SSSR count). The molecular formula is C24H40N2O2. The van der Waals surface area contributed by atoms with E-state index in [0.717, 1.165) is 32.1 Å². The monoisotopic (exact) mass is 388 g/mol. The van der Waals surface area contributed by atoms with Gasteiger partial charge in [0.15, 0.2) is 0 Å². The Morgan fingerprint density at radius 3 is 2.36 bits per heavy atom. The summed E-state index contributed by atoms with van der Waals surface area (Å²) in [7, 11) is 0. The van der Waals surface area contributed by atoms with E-state index in [1.165, 1.54) is 70.1 Å². The van der Waals surface area contributed by atoms with Crippen molar-refractivity contribution < 1.29 is 9.53 Å². The number of amides is 1. The van der Waals surface area contributed by atoms with Crippen molar-refractivity contribution in [3.05, 3.63) is 35.9 Å². The van der Waals surface area contributed by atoms with Gasteiger partial charge < -0.3 is 15.0 Å². The van der Waals surface area contributed by atoms with Crippen LogP contribution in [-0.2, 0) is 11.2 Å². The average Bonchev–Trinajstić information content (AvgIpc) is 2.74. The highest BCUT2D eigenvalue weighted by Crippen LogP contribution is 2.11. The molecule has 1 aromatic carbocycles. The van der Waals surface area contributed by atoms with Crippen molar-refractivity contribution in [2.45, 2.75) is 77.0 Å². The fourth-order valence-electron chi connectivity index (χ4n) is 3.83. The first-order valence-electron chi connectivity index (χ1n) is 11.5. The van der Waals surface area contributed by atoms with Crippen LogP contribution in [0.15, 0.2) is 30.3 Å². The minimum atomic E-state index is -0.263. The van der Waals surface area contributed by atoms with Crippen LogP contribution in [-0.4, -0.2) is 43.8 Å². The zero-order valence-electron chi connectivity index (χ0n) is 17.7. The lowest BCUT2D eigenvalue weighted by Crippen LogP contribution is -2.30. The number of nitrogens with zero attached hydrogens (tertiary/aromatic N) is 1. The maximum absolute atomic E-state index is 11.7. The third-order valence-corrected chi connectivity index (χ3v) is 5.55. The van der Waals surface area contributed by atoms with Gasteiger partial charge >= 0.3 is 6.09 Å². The Morgan fingerprint density at radius 2 is 1.57 bits per heavy atom. The molecule has 0 aliphatic carbocycles. The molecular weight excluding hydrogens is 348 g/mol. The second-order valence-electron chi connectivity index (χ2n) is 8.03. The molecule has 28 heavy (non-hydrogen) atoms. The molecule has 1 aromatic rings. The molecule has 0 bridgehead atoms. The molecule has 0 aromatic heterocycles. The predicted octanol–water partition coefficient (Wildman–Crippen LogP) is 5.56. The number of benzene rings is 1. The summed E-state index contributed by atoms with van der Waals surface area (Å²) in [4.78, 5) is 14.3. The van der Waals surface area contributed by atoms with Crippen molar-refractivity contribution in [2.24, 2.45) is 0 Å². The molecule has 0 spiro atoms. The lowest BCUT2D eigenvalue weighted by Gasteiger charge is -2.26. The van der Waals surface area contributed by atoms with E-state index in [4.69, 9.17) is 4.74 Å². The summed E-state index contributed by atoms with van der Waals surface area (Å²) in [5.41, 5.74) is 1.36. The molecule has 0 saturated carbocycles. The molecule has 1 fully saturated rings. The van der Waals surface area contributed by atoms with Crippen LogP contribution in [0.2, 0.25) is 0 Å². The number of hydrogen-bond acceptors (Lipinski definition) is 3. The fourth-order valence-corrected chi connectivity index (χ4v) is 3.83. The van der Waals surface area contributed by atoms with Crippen molar-refractivity contribution in [1.29, 1.82) is 0 Å². The number of hydrogen-bond donors (Lipinski definition) is 1. The summed E-state index contributed by atoms with van der Waals surface area (Å²) in [5, 5.41) is 2.85. The van der Waals surface area contributed by atoms with Crippen molar-refractivity contribution in [3.8, 4) is 0 Å². The normalized spacial score (nSPS) is 14.7. The van der Waals surface area contributed by atoms with Crippen LogP contribution in [0.25, 0.3) is 0 Å². The van der Waals surface area contributed by atoms with E-state index in [1.54, 1.807) is 0 Å². The second-order valence-corrected chi connectivity index (χ2v) is 8.03. The smallest absolute Gasteiger partial charge is 0.407 e. The Hall–Kier alpha value is -1.55. The van der Waals surface area contributed by atoms with E-state index in [9.17, 15) is 4.79 Å². The number of nitrogens with one attached hydrogen (secondary N) is 1. The van der Waals surface area contributed by atoms with Crippen molar-refractivity contribution in [2.75, 3.05) is 32.8 Å². The predicted molar refractivity (Wildman–Crippen MR) is 117 cm³/mol. The molecule has 1 amide bonds. The fraction of sp³-hybridized carbons (Fsp3) is 0.708. The van der Waals surface area contributed by atoms with Gasteiger partial charge in [0.2, 0.25) is 0 Å². The van der Waals surface area contributed by atoms with Crippen LogP contribution in [0, 0.1) is 0 Å². The summed E-state index contributed by atoms with van der Waals surface area (Å²) in [6.45, 7) is 5.15. The highest BCUT2D eigenvalue weighted by Gasteiger charge is 2.08. The number of likely N-dealkylation sites (tertiary alicyclic amines) is 1. The van der Waals surface area contributed by atoms with Gasteiger partial charge in [0.05, 0.1) is 6.61 Å². The third kappa shape index (κ3) is 11.3. The first kappa shape index (κ1) is 22.7. The third-order valence-electron chi connectivity index (χ3n) is 5.55. The van der Waals surface area contributed by atoms with Crippen LogP contribution in [0.5, 0.6) is 0 Å². The van der Waals surface area contributed by atoms with Gasteiger partial charge in [0, 0.05) is 6.54 Å². The van der Waals surface area contributed by atoms with Gasteiger partial charge in [0.1, 0.15) is 0 Å². The van der Waals surface area contributed by atoms with E-state index < -0.39 is 0 Å². The average molecular weight is 389 g/mol. The molecule has 0 radical (unpaired) electrons. The van der Waals surface area contributed by atoms with E-state index in [-0.39, 0.29) is 6.09 Å². The SMILES string of the molecule is O=C(NCCCCc1ccccc1)OCCCCCCCCN1CCCCC1. The molecule has 1 saturated heterocycles. The Bertz CT molecular complexity index is 501. The number of piperidine rings is 1. The largest absolute Gasteiger partial charge is 0.450 e. The molecule has 1 heterocycles. The van der Waals surface area contributed by atoms with Crippen molar-refractivity contribution in [3.63, 3.8) is 0 Å². The van der Waals surface area contributed by atoms with E-state index in [0.29, 0.717) is 13.2 Å². The zero-order valence-corrected chi connectivity index (χ0v) is 17.7. The van der Waals surface area contributed by atoms with E-state index in [2.05, 4.69) is 34.5 Å². The van der Waals surface area contributed by atoms with Gasteiger partial charge in [-0.1, -0.05) is 62.4 Å². The van der Waals surface area contributed by atoms with Crippen molar-refractivity contribution in [1.82, 2.24) is 10.2 Å². The number of carbonyl (C=O) groups excluding carboxylic acids is 1. The van der Waals surface area contributed by atoms with Gasteiger partial charge in [-0.3, -0.25) is 0 Å². The highest BCUT2D eigenvalue weighted by molar-refractivity contribution is 5.66. The van der Waals surface area contributed by atoms with Gasteiger partial charge in [-0.05, 0) is 70.1 Å². The van der Waals surface area contributed by atoms with Crippen LogP contribution in [0.3, 0.4) is 0 Å². The van der Waals surface area contributed by atoms with Crippen LogP contribution in [0.1, 0.15) is 76.2 Å². The minimum absolute atomic E-state index is 0.263.